The first-order chi connectivity index (χ1) is 13.1. The number of phenols is 1. The van der Waals surface area contributed by atoms with E-state index in [-0.39, 0.29) is 23.8 Å². The molecule has 138 valence electrons. The van der Waals surface area contributed by atoms with Crippen molar-refractivity contribution in [3.05, 3.63) is 70.8 Å². The van der Waals surface area contributed by atoms with Crippen molar-refractivity contribution in [2.45, 2.75) is 19.4 Å². The average Bonchev–Trinajstić information content (AvgIpc) is 3.15. The summed E-state index contributed by atoms with van der Waals surface area (Å²) in [7, 11) is 0. The zero-order valence-corrected chi connectivity index (χ0v) is 14.9. The summed E-state index contributed by atoms with van der Waals surface area (Å²) >= 11 is 0. The van der Waals surface area contributed by atoms with E-state index in [9.17, 15) is 14.7 Å². The lowest BCUT2D eigenvalue weighted by Crippen LogP contribution is -2.35. The number of likely N-dealkylation sites (tertiary alicyclic amines) is 1. The summed E-state index contributed by atoms with van der Waals surface area (Å²) in [6, 6.07) is 14.4. The lowest BCUT2D eigenvalue weighted by Gasteiger charge is -2.17. The minimum Gasteiger partial charge on any atom is -0.508 e. The predicted molar refractivity (Wildman–Crippen MR) is 103 cm³/mol. The molecule has 0 bridgehead atoms. The van der Waals surface area contributed by atoms with Gasteiger partial charge in [-0.3, -0.25) is 14.2 Å². The Hall–Kier alpha value is -3.15. The standard InChI is InChI=1S/C21H21N3O3/c25-17-7-5-15(6-8-17)11-16-9-10-23(12-16)20(26)13-24-14-22-19-4-2-1-3-18(19)21(24)27/h1-8,14,16,25H,9-13H2. The summed E-state index contributed by atoms with van der Waals surface area (Å²) in [6.45, 7) is 1.41. The number of carbonyl (C=O) groups is 1. The van der Waals surface area contributed by atoms with Crippen LogP contribution in [-0.2, 0) is 17.8 Å². The Balaban J connectivity index is 1.41. The highest BCUT2D eigenvalue weighted by atomic mass is 16.3. The topological polar surface area (TPSA) is 75.4 Å². The normalized spacial score (nSPS) is 16.7. The number of benzene rings is 2. The molecule has 2 aromatic carbocycles. The van der Waals surface area contributed by atoms with Crippen LogP contribution in [0.4, 0.5) is 0 Å². The van der Waals surface area contributed by atoms with E-state index in [4.69, 9.17) is 0 Å². The molecule has 2 heterocycles. The van der Waals surface area contributed by atoms with Gasteiger partial charge in [0, 0.05) is 13.1 Å². The van der Waals surface area contributed by atoms with Crippen molar-refractivity contribution >= 4 is 16.8 Å². The molecule has 4 rings (SSSR count). The lowest BCUT2D eigenvalue weighted by atomic mass is 9.99. The summed E-state index contributed by atoms with van der Waals surface area (Å²) in [6.07, 6.45) is 3.27. The Morgan fingerprint density at radius 2 is 1.93 bits per heavy atom. The molecule has 1 atom stereocenters. The van der Waals surface area contributed by atoms with E-state index in [1.807, 2.05) is 23.1 Å². The summed E-state index contributed by atoms with van der Waals surface area (Å²) in [5, 5.41) is 9.90. The van der Waals surface area contributed by atoms with E-state index in [0.717, 1.165) is 18.4 Å². The first kappa shape index (κ1) is 17.3. The number of rotatable bonds is 4. The van der Waals surface area contributed by atoms with Gasteiger partial charge < -0.3 is 10.0 Å². The molecule has 1 saturated heterocycles. The molecule has 0 spiro atoms. The molecular weight excluding hydrogens is 342 g/mol. The van der Waals surface area contributed by atoms with E-state index < -0.39 is 0 Å². The molecule has 1 unspecified atom stereocenters. The average molecular weight is 363 g/mol. The van der Waals surface area contributed by atoms with Crippen LogP contribution >= 0.6 is 0 Å². The smallest absolute Gasteiger partial charge is 0.261 e. The molecule has 1 aliphatic rings. The molecule has 1 aromatic heterocycles. The van der Waals surface area contributed by atoms with Gasteiger partial charge in [0.1, 0.15) is 12.3 Å². The van der Waals surface area contributed by atoms with Crippen molar-refractivity contribution in [2.75, 3.05) is 13.1 Å². The zero-order chi connectivity index (χ0) is 18.8. The number of carbonyl (C=O) groups excluding carboxylic acids is 1. The van der Waals surface area contributed by atoms with Gasteiger partial charge in [0.05, 0.1) is 17.2 Å². The van der Waals surface area contributed by atoms with E-state index in [0.29, 0.717) is 29.9 Å². The Morgan fingerprint density at radius 1 is 1.15 bits per heavy atom. The third kappa shape index (κ3) is 3.69. The maximum absolute atomic E-state index is 12.7. The maximum atomic E-state index is 12.7. The molecule has 1 aliphatic heterocycles. The predicted octanol–water partition coefficient (Wildman–Crippen LogP) is 2.19. The third-order valence-corrected chi connectivity index (χ3v) is 5.14. The Bertz CT molecular complexity index is 1030. The second-order valence-corrected chi connectivity index (χ2v) is 7.06. The fraction of sp³-hybridized carbons (Fsp3) is 0.286. The zero-order valence-electron chi connectivity index (χ0n) is 14.9. The number of hydrogen-bond acceptors (Lipinski definition) is 4. The molecule has 1 N–H and O–H groups in total. The molecule has 6 nitrogen and oxygen atoms in total. The van der Waals surface area contributed by atoms with Crippen LogP contribution in [0.5, 0.6) is 5.75 Å². The van der Waals surface area contributed by atoms with Crippen molar-refractivity contribution in [3.8, 4) is 5.75 Å². The second-order valence-electron chi connectivity index (χ2n) is 7.06. The molecule has 0 aliphatic carbocycles. The number of amides is 1. The SMILES string of the molecule is O=C(Cn1cnc2ccccc2c1=O)N1CCC(Cc2ccc(O)cc2)C1. The molecule has 6 heteroatoms. The largest absolute Gasteiger partial charge is 0.508 e. The van der Waals surface area contributed by atoms with Crippen molar-refractivity contribution in [1.29, 1.82) is 0 Å². The highest BCUT2D eigenvalue weighted by molar-refractivity contribution is 5.79. The van der Waals surface area contributed by atoms with Crippen LogP contribution in [0.25, 0.3) is 10.9 Å². The fourth-order valence-electron chi connectivity index (χ4n) is 3.66. The number of phenolic OH excluding ortho intramolecular Hbond substituents is 1. The number of aromatic nitrogens is 2. The molecular formula is C21H21N3O3. The van der Waals surface area contributed by atoms with Gasteiger partial charge in [-0.2, -0.15) is 0 Å². The van der Waals surface area contributed by atoms with Gasteiger partial charge >= 0.3 is 0 Å². The van der Waals surface area contributed by atoms with Crippen molar-refractivity contribution in [2.24, 2.45) is 5.92 Å². The highest BCUT2D eigenvalue weighted by Crippen LogP contribution is 2.22. The molecule has 0 radical (unpaired) electrons. The van der Waals surface area contributed by atoms with E-state index >= 15 is 0 Å². The number of fused-ring (bicyclic) bond motifs is 1. The van der Waals surface area contributed by atoms with Gasteiger partial charge in [-0.1, -0.05) is 24.3 Å². The van der Waals surface area contributed by atoms with Crippen LogP contribution in [0.3, 0.4) is 0 Å². The molecule has 27 heavy (non-hydrogen) atoms. The lowest BCUT2D eigenvalue weighted by molar-refractivity contribution is -0.131. The quantitative estimate of drug-likeness (QED) is 0.771. The number of aromatic hydroxyl groups is 1. The Kier molecular flexibility index (Phi) is 4.62. The van der Waals surface area contributed by atoms with Crippen LogP contribution < -0.4 is 5.56 Å². The van der Waals surface area contributed by atoms with Gasteiger partial charge in [-0.05, 0) is 48.6 Å². The molecule has 3 aromatic rings. The number of nitrogens with zero attached hydrogens (tertiary/aromatic N) is 3. The summed E-state index contributed by atoms with van der Waals surface area (Å²) in [5.41, 5.74) is 1.61. The van der Waals surface area contributed by atoms with Gasteiger partial charge in [0.25, 0.3) is 5.56 Å². The summed E-state index contributed by atoms with van der Waals surface area (Å²) in [5.74, 6) is 0.601. The van der Waals surface area contributed by atoms with Crippen LogP contribution in [0.2, 0.25) is 0 Å². The van der Waals surface area contributed by atoms with E-state index in [2.05, 4.69) is 4.98 Å². The van der Waals surface area contributed by atoms with Gasteiger partial charge in [-0.15, -0.1) is 0 Å². The molecule has 0 saturated carbocycles. The van der Waals surface area contributed by atoms with Crippen molar-refractivity contribution in [3.63, 3.8) is 0 Å². The first-order valence-electron chi connectivity index (χ1n) is 9.10. The van der Waals surface area contributed by atoms with Crippen LogP contribution in [-0.4, -0.2) is 38.6 Å². The highest BCUT2D eigenvalue weighted by Gasteiger charge is 2.26. The van der Waals surface area contributed by atoms with E-state index in [1.165, 1.54) is 10.9 Å². The van der Waals surface area contributed by atoms with Crippen molar-refractivity contribution in [1.82, 2.24) is 14.5 Å². The van der Waals surface area contributed by atoms with Gasteiger partial charge in [0.15, 0.2) is 0 Å². The van der Waals surface area contributed by atoms with Crippen LogP contribution in [0.1, 0.15) is 12.0 Å². The Labute approximate surface area is 156 Å². The van der Waals surface area contributed by atoms with E-state index in [1.54, 1.807) is 30.3 Å². The number of hydrogen-bond donors (Lipinski definition) is 1. The molecule has 1 amide bonds. The van der Waals surface area contributed by atoms with Crippen molar-refractivity contribution < 1.29 is 9.90 Å². The molecule has 1 fully saturated rings. The first-order valence-corrected chi connectivity index (χ1v) is 9.10. The fourth-order valence-corrected chi connectivity index (χ4v) is 3.66. The van der Waals surface area contributed by atoms with Crippen LogP contribution in [0.15, 0.2) is 59.7 Å². The van der Waals surface area contributed by atoms with Gasteiger partial charge in [0.2, 0.25) is 5.91 Å². The summed E-state index contributed by atoms with van der Waals surface area (Å²) < 4.78 is 1.39. The van der Waals surface area contributed by atoms with Crippen LogP contribution in [0, 0.1) is 5.92 Å². The second kappa shape index (κ2) is 7.23. The minimum absolute atomic E-state index is 0.0165. The maximum Gasteiger partial charge on any atom is 0.261 e. The minimum atomic E-state index is -0.186. The van der Waals surface area contributed by atoms with Gasteiger partial charge in [-0.25, -0.2) is 4.98 Å². The Morgan fingerprint density at radius 3 is 2.74 bits per heavy atom. The summed E-state index contributed by atoms with van der Waals surface area (Å²) in [4.78, 5) is 31.3. The monoisotopic (exact) mass is 363 g/mol. The third-order valence-electron chi connectivity index (χ3n) is 5.14. The number of para-hydroxylation sites is 1.